The molecule has 0 bridgehead atoms. The van der Waals surface area contributed by atoms with Crippen LogP contribution in [-0.4, -0.2) is 13.0 Å². The van der Waals surface area contributed by atoms with E-state index in [0.717, 1.165) is 0 Å². The van der Waals surface area contributed by atoms with Crippen LogP contribution in [0.2, 0.25) is 5.02 Å². The zero-order chi connectivity index (χ0) is 10.1. The van der Waals surface area contributed by atoms with Crippen molar-refractivity contribution >= 4 is 34.1 Å². The first-order valence-corrected chi connectivity index (χ1v) is 6.07. The minimum atomic E-state index is -3.38. The molecule has 0 heterocycles. The molecule has 0 aliphatic carbocycles. The Hall–Kier alpha value is -0.190. The smallest absolute Gasteiger partial charge is 0.191 e. The fourth-order valence-corrected chi connectivity index (χ4v) is 2.63. The van der Waals surface area contributed by atoms with E-state index in [2.05, 4.69) is 12.6 Å². The summed E-state index contributed by atoms with van der Waals surface area (Å²) in [6.07, 6.45) is 0. The second-order valence-corrected chi connectivity index (χ2v) is 6.34. The third-order valence-corrected chi connectivity index (χ3v) is 4.73. The first-order valence-electron chi connectivity index (χ1n) is 3.63. The predicted molar refractivity (Wildman–Crippen MR) is 57.1 cm³/mol. The van der Waals surface area contributed by atoms with Gasteiger partial charge in [-0.2, -0.15) is 12.6 Å². The van der Waals surface area contributed by atoms with Gasteiger partial charge in [-0.25, -0.2) is 8.42 Å². The predicted octanol–water partition coefficient (Wildman–Crippen LogP) is 2.39. The third-order valence-electron chi connectivity index (χ3n) is 1.59. The molecule has 0 saturated heterocycles. The molecule has 72 valence electrons. The van der Waals surface area contributed by atoms with Crippen molar-refractivity contribution in [1.82, 2.24) is 0 Å². The third kappa shape index (κ3) is 2.18. The van der Waals surface area contributed by atoms with Crippen LogP contribution in [0.4, 0.5) is 0 Å². The minimum absolute atomic E-state index is 0.138. The molecule has 0 N–H and O–H groups in total. The first kappa shape index (κ1) is 10.9. The highest BCUT2D eigenvalue weighted by molar-refractivity contribution is 8.04. The van der Waals surface area contributed by atoms with Crippen molar-refractivity contribution in [3.05, 3.63) is 29.3 Å². The fraction of sp³-hybridized carbons (Fsp3) is 0.250. The number of hydrogen-bond acceptors (Lipinski definition) is 3. The number of sulfone groups is 1. The maximum atomic E-state index is 11.6. The number of hydrogen-bond donors (Lipinski definition) is 1. The molecule has 13 heavy (non-hydrogen) atoms. The summed E-state index contributed by atoms with van der Waals surface area (Å²) in [6.45, 7) is 1.50. The number of halogens is 1. The second-order valence-electron chi connectivity index (χ2n) is 2.57. The van der Waals surface area contributed by atoms with Gasteiger partial charge in [0.05, 0.1) is 9.92 Å². The van der Waals surface area contributed by atoms with Crippen LogP contribution in [0.5, 0.6) is 0 Å². The monoisotopic (exact) mass is 236 g/mol. The normalized spacial score (nSPS) is 14.1. The summed E-state index contributed by atoms with van der Waals surface area (Å²) in [7, 11) is -3.38. The molecule has 0 spiro atoms. The van der Waals surface area contributed by atoms with Gasteiger partial charge in [0.25, 0.3) is 0 Å². The average Bonchev–Trinajstić information content (AvgIpc) is 2.04. The van der Waals surface area contributed by atoms with E-state index < -0.39 is 14.4 Å². The average molecular weight is 237 g/mol. The van der Waals surface area contributed by atoms with Crippen LogP contribution in [-0.2, 0) is 9.84 Å². The van der Waals surface area contributed by atoms with Crippen LogP contribution >= 0.6 is 24.2 Å². The quantitative estimate of drug-likeness (QED) is 0.801. The Kier molecular flexibility index (Phi) is 3.27. The molecule has 2 nitrogen and oxygen atoms in total. The molecule has 1 rings (SSSR count). The second kappa shape index (κ2) is 3.90. The lowest BCUT2D eigenvalue weighted by atomic mass is 10.4. The fourth-order valence-electron chi connectivity index (χ4n) is 0.859. The lowest BCUT2D eigenvalue weighted by Gasteiger charge is -2.07. The van der Waals surface area contributed by atoms with Crippen molar-refractivity contribution in [2.24, 2.45) is 0 Å². The number of thiol groups is 1. The molecule has 0 aliphatic heterocycles. The lowest BCUT2D eigenvalue weighted by Crippen LogP contribution is -2.12. The van der Waals surface area contributed by atoms with E-state index in [9.17, 15) is 8.42 Å². The standard InChI is InChI=1S/C8H9ClO2S2/c1-6(12)13(10,11)8-5-3-2-4-7(8)9/h2-6,12H,1H3. The Morgan fingerprint density at radius 1 is 1.38 bits per heavy atom. The van der Waals surface area contributed by atoms with Crippen molar-refractivity contribution in [1.29, 1.82) is 0 Å². The highest BCUT2D eigenvalue weighted by atomic mass is 35.5. The van der Waals surface area contributed by atoms with E-state index >= 15 is 0 Å². The number of benzene rings is 1. The van der Waals surface area contributed by atoms with Gasteiger partial charge in [0.15, 0.2) is 9.84 Å². The Bertz CT molecular complexity index is 398. The zero-order valence-corrected chi connectivity index (χ0v) is 9.40. The molecule has 1 aromatic carbocycles. The van der Waals surface area contributed by atoms with Crippen molar-refractivity contribution in [2.45, 2.75) is 16.4 Å². The Labute approximate surface area is 88.2 Å². The van der Waals surface area contributed by atoms with E-state index in [1.165, 1.54) is 13.0 Å². The molecule has 0 aromatic heterocycles. The Balaban J connectivity index is 3.32. The van der Waals surface area contributed by atoms with Crippen LogP contribution in [0.15, 0.2) is 29.2 Å². The number of rotatable bonds is 2. The van der Waals surface area contributed by atoms with E-state index in [1.807, 2.05) is 0 Å². The van der Waals surface area contributed by atoms with Crippen molar-refractivity contribution in [3.63, 3.8) is 0 Å². The zero-order valence-electron chi connectivity index (χ0n) is 6.94. The summed E-state index contributed by atoms with van der Waals surface area (Å²) in [4.78, 5) is 0.138. The molecule has 1 aromatic rings. The van der Waals surface area contributed by atoms with Gasteiger partial charge in [-0.15, -0.1) is 0 Å². The highest BCUT2D eigenvalue weighted by Gasteiger charge is 2.21. The van der Waals surface area contributed by atoms with Crippen LogP contribution in [0.1, 0.15) is 6.92 Å². The SMILES string of the molecule is CC(S)S(=O)(=O)c1ccccc1Cl. The van der Waals surface area contributed by atoms with E-state index in [0.29, 0.717) is 0 Å². The van der Waals surface area contributed by atoms with E-state index in [1.54, 1.807) is 18.2 Å². The molecular formula is C8H9ClO2S2. The lowest BCUT2D eigenvalue weighted by molar-refractivity contribution is 0.595. The van der Waals surface area contributed by atoms with Gasteiger partial charge in [-0.05, 0) is 19.1 Å². The summed E-state index contributed by atoms with van der Waals surface area (Å²) in [5.74, 6) is 0. The van der Waals surface area contributed by atoms with Gasteiger partial charge >= 0.3 is 0 Å². The van der Waals surface area contributed by atoms with Gasteiger partial charge in [-0.1, -0.05) is 23.7 Å². The van der Waals surface area contributed by atoms with E-state index in [-0.39, 0.29) is 9.92 Å². The maximum absolute atomic E-state index is 11.6. The van der Waals surface area contributed by atoms with Crippen molar-refractivity contribution in [2.75, 3.05) is 0 Å². The molecule has 0 fully saturated rings. The van der Waals surface area contributed by atoms with Gasteiger partial charge in [0.2, 0.25) is 0 Å². The molecule has 1 unspecified atom stereocenters. The van der Waals surface area contributed by atoms with Gasteiger partial charge < -0.3 is 0 Å². The van der Waals surface area contributed by atoms with Gasteiger partial charge in [-0.3, -0.25) is 0 Å². The van der Waals surface area contributed by atoms with Crippen LogP contribution in [0.25, 0.3) is 0 Å². The summed E-state index contributed by atoms with van der Waals surface area (Å²) in [6, 6.07) is 6.34. The largest absolute Gasteiger partial charge is 0.223 e. The maximum Gasteiger partial charge on any atom is 0.191 e. The van der Waals surface area contributed by atoms with Crippen LogP contribution in [0.3, 0.4) is 0 Å². The van der Waals surface area contributed by atoms with Gasteiger partial charge in [0, 0.05) is 0 Å². The highest BCUT2D eigenvalue weighted by Crippen LogP contribution is 2.25. The Morgan fingerprint density at radius 2 is 1.92 bits per heavy atom. The minimum Gasteiger partial charge on any atom is -0.223 e. The van der Waals surface area contributed by atoms with Crippen LogP contribution < -0.4 is 0 Å². The summed E-state index contributed by atoms with van der Waals surface area (Å²) >= 11 is 9.63. The van der Waals surface area contributed by atoms with Crippen molar-refractivity contribution in [3.8, 4) is 0 Å². The summed E-state index contributed by atoms with van der Waals surface area (Å²) < 4.78 is 22.4. The molecular weight excluding hydrogens is 228 g/mol. The molecule has 0 aliphatic rings. The molecule has 0 radical (unpaired) electrons. The first-order chi connectivity index (χ1) is 5.96. The molecule has 1 atom stereocenters. The van der Waals surface area contributed by atoms with Gasteiger partial charge in [0.1, 0.15) is 4.58 Å². The van der Waals surface area contributed by atoms with Crippen LogP contribution in [0, 0.1) is 0 Å². The Morgan fingerprint density at radius 3 is 2.38 bits per heavy atom. The van der Waals surface area contributed by atoms with Crippen molar-refractivity contribution < 1.29 is 8.42 Å². The molecule has 0 amide bonds. The summed E-state index contributed by atoms with van der Waals surface area (Å²) in [5.41, 5.74) is 0. The molecule has 5 heteroatoms. The van der Waals surface area contributed by atoms with E-state index in [4.69, 9.17) is 11.6 Å². The topological polar surface area (TPSA) is 34.1 Å². The summed E-state index contributed by atoms with van der Waals surface area (Å²) in [5, 5.41) is 0.239. The molecule has 0 saturated carbocycles.